The first-order valence-corrected chi connectivity index (χ1v) is 6.55. The van der Waals surface area contributed by atoms with Crippen LogP contribution in [0.5, 0.6) is 0 Å². The lowest BCUT2D eigenvalue weighted by atomic mass is 10.1. The summed E-state index contributed by atoms with van der Waals surface area (Å²) in [6, 6.07) is 16.6. The van der Waals surface area contributed by atoms with E-state index in [0.717, 1.165) is 11.1 Å². The third-order valence-corrected chi connectivity index (χ3v) is 2.81. The van der Waals surface area contributed by atoms with Crippen molar-refractivity contribution in [3.05, 3.63) is 77.4 Å². The average Bonchev–Trinajstić information content (AvgIpc) is 2.51. The van der Waals surface area contributed by atoms with Gasteiger partial charge in [0.15, 0.2) is 0 Å². The minimum absolute atomic E-state index is 0.347. The van der Waals surface area contributed by atoms with E-state index in [2.05, 4.69) is 10.9 Å². The number of rotatable bonds is 3. The number of hydrazine groups is 1. The van der Waals surface area contributed by atoms with Gasteiger partial charge in [-0.1, -0.05) is 48.0 Å². The molecule has 0 aliphatic carbocycles. The van der Waals surface area contributed by atoms with Gasteiger partial charge in [-0.25, -0.2) is 0 Å². The molecular weight excluding hydrogens is 264 g/mol. The molecule has 0 fully saturated rings. The van der Waals surface area contributed by atoms with Gasteiger partial charge >= 0.3 is 0 Å². The van der Waals surface area contributed by atoms with Gasteiger partial charge in [-0.3, -0.25) is 20.4 Å². The highest BCUT2D eigenvalue weighted by molar-refractivity contribution is 5.97. The molecule has 0 heterocycles. The lowest BCUT2D eigenvalue weighted by Gasteiger charge is -2.05. The molecule has 106 valence electrons. The molecule has 0 saturated heterocycles. The summed E-state index contributed by atoms with van der Waals surface area (Å²) in [6.07, 6.45) is 3.04. The molecule has 0 radical (unpaired) electrons. The fraction of sp³-hybridized carbons (Fsp3) is 0.0588. The van der Waals surface area contributed by atoms with Crippen LogP contribution in [0, 0.1) is 6.92 Å². The van der Waals surface area contributed by atoms with Crippen molar-refractivity contribution in [2.45, 2.75) is 6.92 Å². The molecule has 0 aliphatic heterocycles. The van der Waals surface area contributed by atoms with Crippen LogP contribution in [0.3, 0.4) is 0 Å². The van der Waals surface area contributed by atoms with Crippen molar-refractivity contribution in [3.63, 3.8) is 0 Å². The summed E-state index contributed by atoms with van der Waals surface area (Å²) in [6.45, 7) is 1.90. The fourth-order valence-corrected chi connectivity index (χ4v) is 1.75. The van der Waals surface area contributed by atoms with E-state index in [1.807, 2.05) is 43.3 Å². The van der Waals surface area contributed by atoms with E-state index in [4.69, 9.17) is 0 Å². The van der Waals surface area contributed by atoms with Crippen molar-refractivity contribution in [1.29, 1.82) is 0 Å². The first-order valence-electron chi connectivity index (χ1n) is 6.55. The van der Waals surface area contributed by atoms with E-state index in [1.165, 1.54) is 6.08 Å². The van der Waals surface area contributed by atoms with Gasteiger partial charge in [0.1, 0.15) is 0 Å². The lowest BCUT2D eigenvalue weighted by Crippen LogP contribution is -2.40. The molecule has 0 atom stereocenters. The molecule has 4 nitrogen and oxygen atoms in total. The molecule has 2 N–H and O–H groups in total. The fourth-order valence-electron chi connectivity index (χ4n) is 1.75. The standard InChI is InChI=1S/C17H16N2O2/c1-13-6-5-9-15(12-13)17(21)19-18-16(20)11-10-14-7-3-2-4-8-14/h2-12H,1H3,(H,18,20)(H,19,21)/b11-10+. The second-order valence-electron chi connectivity index (χ2n) is 4.56. The average molecular weight is 280 g/mol. The third kappa shape index (κ3) is 4.62. The number of hydrogen-bond donors (Lipinski definition) is 2. The van der Waals surface area contributed by atoms with E-state index in [9.17, 15) is 9.59 Å². The molecule has 21 heavy (non-hydrogen) atoms. The third-order valence-electron chi connectivity index (χ3n) is 2.81. The highest BCUT2D eigenvalue weighted by Gasteiger charge is 2.05. The van der Waals surface area contributed by atoms with Gasteiger partial charge in [0.25, 0.3) is 11.8 Å². The van der Waals surface area contributed by atoms with Crippen LogP contribution in [0.15, 0.2) is 60.7 Å². The van der Waals surface area contributed by atoms with Crippen molar-refractivity contribution in [1.82, 2.24) is 10.9 Å². The number of nitrogens with one attached hydrogen (secondary N) is 2. The monoisotopic (exact) mass is 280 g/mol. The topological polar surface area (TPSA) is 58.2 Å². The molecule has 2 aromatic carbocycles. The summed E-state index contributed by atoms with van der Waals surface area (Å²) >= 11 is 0. The molecule has 0 saturated carbocycles. The molecule has 4 heteroatoms. The van der Waals surface area contributed by atoms with Crippen molar-refractivity contribution < 1.29 is 9.59 Å². The van der Waals surface area contributed by atoms with Crippen LogP contribution in [0.1, 0.15) is 21.5 Å². The van der Waals surface area contributed by atoms with Gasteiger partial charge in [-0.2, -0.15) is 0 Å². The van der Waals surface area contributed by atoms with Crippen molar-refractivity contribution in [3.8, 4) is 0 Å². The van der Waals surface area contributed by atoms with Gasteiger partial charge < -0.3 is 0 Å². The summed E-state index contributed by atoms with van der Waals surface area (Å²) in [5.74, 6) is -0.736. The van der Waals surface area contributed by atoms with Crippen molar-refractivity contribution >= 4 is 17.9 Å². The van der Waals surface area contributed by atoms with Crippen LogP contribution in [0.2, 0.25) is 0 Å². The summed E-state index contributed by atoms with van der Waals surface area (Å²) in [5, 5.41) is 0. The Balaban J connectivity index is 1.87. The molecule has 0 aliphatic rings. The molecule has 2 rings (SSSR count). The largest absolute Gasteiger partial charge is 0.269 e. The molecule has 0 bridgehead atoms. The van der Waals surface area contributed by atoms with Crippen LogP contribution >= 0.6 is 0 Å². The lowest BCUT2D eigenvalue weighted by molar-refractivity contribution is -0.117. The Morgan fingerprint density at radius 3 is 2.43 bits per heavy atom. The van der Waals surface area contributed by atoms with Gasteiger partial charge in [0, 0.05) is 11.6 Å². The Bertz CT molecular complexity index is 664. The first kappa shape index (κ1) is 14.5. The Morgan fingerprint density at radius 2 is 1.71 bits per heavy atom. The van der Waals surface area contributed by atoms with E-state index in [0.29, 0.717) is 5.56 Å². The van der Waals surface area contributed by atoms with Gasteiger partial charge in [-0.05, 0) is 30.7 Å². The van der Waals surface area contributed by atoms with Crippen molar-refractivity contribution in [2.24, 2.45) is 0 Å². The minimum atomic E-state index is -0.389. The zero-order chi connectivity index (χ0) is 15.1. The van der Waals surface area contributed by atoms with Gasteiger partial charge in [0.2, 0.25) is 0 Å². The van der Waals surface area contributed by atoms with Crippen LogP contribution in [-0.2, 0) is 4.79 Å². The van der Waals surface area contributed by atoms with Crippen LogP contribution in [0.4, 0.5) is 0 Å². The zero-order valence-corrected chi connectivity index (χ0v) is 11.7. The predicted octanol–water partition coefficient (Wildman–Crippen LogP) is 2.47. The van der Waals surface area contributed by atoms with Crippen LogP contribution < -0.4 is 10.9 Å². The maximum atomic E-state index is 11.8. The van der Waals surface area contributed by atoms with E-state index >= 15 is 0 Å². The molecule has 2 amide bonds. The molecule has 0 aromatic heterocycles. The Kier molecular flexibility index (Phi) is 4.88. The molecule has 2 aromatic rings. The maximum Gasteiger partial charge on any atom is 0.269 e. The molecular formula is C17H16N2O2. The van der Waals surface area contributed by atoms with E-state index in [1.54, 1.807) is 24.3 Å². The summed E-state index contributed by atoms with van der Waals surface area (Å²) in [5.41, 5.74) is 7.12. The Hall–Kier alpha value is -2.88. The summed E-state index contributed by atoms with van der Waals surface area (Å²) in [4.78, 5) is 23.4. The smallest absolute Gasteiger partial charge is 0.268 e. The predicted molar refractivity (Wildman–Crippen MR) is 82.3 cm³/mol. The SMILES string of the molecule is Cc1cccc(C(=O)NNC(=O)/C=C/c2ccccc2)c1. The Morgan fingerprint density at radius 1 is 0.952 bits per heavy atom. The Labute approximate surface area is 123 Å². The van der Waals surface area contributed by atoms with E-state index in [-0.39, 0.29) is 11.8 Å². The summed E-state index contributed by atoms with van der Waals surface area (Å²) < 4.78 is 0. The quantitative estimate of drug-likeness (QED) is 0.670. The van der Waals surface area contributed by atoms with Gasteiger partial charge in [0.05, 0.1) is 0 Å². The van der Waals surface area contributed by atoms with Gasteiger partial charge in [-0.15, -0.1) is 0 Å². The highest BCUT2D eigenvalue weighted by Crippen LogP contribution is 2.03. The number of hydrogen-bond acceptors (Lipinski definition) is 2. The second kappa shape index (κ2) is 7.05. The summed E-state index contributed by atoms with van der Waals surface area (Å²) in [7, 11) is 0. The second-order valence-corrected chi connectivity index (χ2v) is 4.56. The molecule has 0 unspecified atom stereocenters. The maximum absolute atomic E-state index is 11.8. The van der Waals surface area contributed by atoms with Crippen LogP contribution in [0.25, 0.3) is 6.08 Å². The normalized spacial score (nSPS) is 10.3. The zero-order valence-electron chi connectivity index (χ0n) is 11.7. The number of carbonyl (C=O) groups is 2. The number of aryl methyl sites for hydroxylation is 1. The molecule has 0 spiro atoms. The minimum Gasteiger partial charge on any atom is -0.268 e. The number of benzene rings is 2. The van der Waals surface area contributed by atoms with Crippen molar-refractivity contribution in [2.75, 3.05) is 0 Å². The number of amides is 2. The van der Waals surface area contributed by atoms with Crippen LogP contribution in [-0.4, -0.2) is 11.8 Å². The van der Waals surface area contributed by atoms with E-state index < -0.39 is 0 Å². The number of carbonyl (C=O) groups excluding carboxylic acids is 2. The first-order chi connectivity index (χ1) is 10.1. The highest BCUT2D eigenvalue weighted by atomic mass is 16.2.